The molecule has 31 heavy (non-hydrogen) atoms. The molecule has 8 heteroatoms. The Labute approximate surface area is 186 Å². The minimum absolute atomic E-state index is 0. The third-order valence-corrected chi connectivity index (χ3v) is 5.42. The molecule has 1 aliphatic rings. The van der Waals surface area contributed by atoms with Gasteiger partial charge in [-0.15, -0.1) is 22.6 Å². The van der Waals surface area contributed by atoms with E-state index in [-0.39, 0.29) is 12.4 Å². The summed E-state index contributed by atoms with van der Waals surface area (Å²) in [6.07, 6.45) is 0.972. The molecule has 0 amide bonds. The molecule has 4 aromatic rings. The topological polar surface area (TPSA) is 79.8 Å². The van der Waals surface area contributed by atoms with Gasteiger partial charge in [0.1, 0.15) is 18.2 Å². The smallest absolute Gasteiger partial charge is 0.205 e. The number of anilines is 1. The van der Waals surface area contributed by atoms with Gasteiger partial charge in [-0.1, -0.05) is 48.5 Å². The third kappa shape index (κ3) is 4.09. The number of aromatic amines is 1. The highest BCUT2D eigenvalue weighted by Gasteiger charge is 2.22. The number of pyridine rings is 1. The van der Waals surface area contributed by atoms with Crippen LogP contribution in [0.15, 0.2) is 54.6 Å². The molecule has 0 unspecified atom stereocenters. The molecule has 1 N–H and O–H groups in total. The summed E-state index contributed by atoms with van der Waals surface area (Å²) in [4.78, 5) is 6.84. The summed E-state index contributed by atoms with van der Waals surface area (Å²) >= 11 is 0. The van der Waals surface area contributed by atoms with Crippen LogP contribution in [0.4, 0.5) is 5.82 Å². The molecular weight excluding hydrogens is 412 g/mol. The van der Waals surface area contributed by atoms with E-state index in [1.54, 1.807) is 0 Å². The summed E-state index contributed by atoms with van der Waals surface area (Å²) in [6.45, 7) is 3.51. The number of rotatable bonds is 5. The molecule has 158 valence electrons. The summed E-state index contributed by atoms with van der Waals surface area (Å²) < 4.78 is 6.19. The molecule has 0 bridgehead atoms. The molecule has 2 aromatic heterocycles. The number of nitrogens with one attached hydrogen (secondary N) is 1. The number of H-pyrrole nitrogens is 1. The average molecular weight is 435 g/mol. The maximum absolute atomic E-state index is 6.19. The Morgan fingerprint density at radius 2 is 1.84 bits per heavy atom. The van der Waals surface area contributed by atoms with E-state index in [4.69, 9.17) is 4.74 Å². The number of fused-ring (bicyclic) bond motifs is 1. The van der Waals surface area contributed by atoms with Crippen molar-refractivity contribution >= 4 is 18.2 Å². The van der Waals surface area contributed by atoms with Crippen LogP contribution in [0.25, 0.3) is 22.5 Å². The van der Waals surface area contributed by atoms with Crippen molar-refractivity contribution in [3.8, 4) is 28.3 Å². The fourth-order valence-corrected chi connectivity index (χ4v) is 3.87. The van der Waals surface area contributed by atoms with Crippen LogP contribution in [0.3, 0.4) is 0 Å². The minimum Gasteiger partial charge on any atom is -0.488 e. The number of aryl methyl sites for hydroxylation is 1. The van der Waals surface area contributed by atoms with Gasteiger partial charge in [0.05, 0.1) is 0 Å². The van der Waals surface area contributed by atoms with Crippen LogP contribution in [0.2, 0.25) is 0 Å². The quantitative estimate of drug-likeness (QED) is 0.506. The Hall–Kier alpha value is -3.45. The lowest BCUT2D eigenvalue weighted by atomic mass is 9.98. The van der Waals surface area contributed by atoms with E-state index in [9.17, 15) is 0 Å². The SMILES string of the molecule is Cc1cc(OCc2ccc(-c3ccccc3-c3nn[nH]n3)cc2)c2c(n1)N(C)CC2.Cl. The molecule has 0 fully saturated rings. The summed E-state index contributed by atoms with van der Waals surface area (Å²) in [6, 6.07) is 18.5. The first kappa shape index (κ1) is 20.8. The van der Waals surface area contributed by atoms with Crippen molar-refractivity contribution in [2.24, 2.45) is 0 Å². The molecule has 2 aromatic carbocycles. The van der Waals surface area contributed by atoms with Crippen molar-refractivity contribution in [3.05, 3.63) is 71.4 Å². The fraction of sp³-hybridized carbons (Fsp3) is 0.217. The Morgan fingerprint density at radius 1 is 1.06 bits per heavy atom. The van der Waals surface area contributed by atoms with E-state index in [0.29, 0.717) is 12.4 Å². The molecule has 0 saturated heterocycles. The first-order chi connectivity index (χ1) is 14.7. The van der Waals surface area contributed by atoms with Crippen molar-refractivity contribution in [1.29, 1.82) is 0 Å². The van der Waals surface area contributed by atoms with E-state index in [1.807, 2.05) is 31.2 Å². The van der Waals surface area contributed by atoms with Crippen molar-refractivity contribution in [3.63, 3.8) is 0 Å². The number of tetrazole rings is 1. The van der Waals surface area contributed by atoms with Crippen LogP contribution in [0, 0.1) is 6.92 Å². The molecule has 1 aliphatic heterocycles. The number of halogens is 1. The minimum atomic E-state index is 0. The van der Waals surface area contributed by atoms with Crippen LogP contribution >= 0.6 is 12.4 Å². The van der Waals surface area contributed by atoms with Crippen LogP contribution in [0.5, 0.6) is 5.75 Å². The molecular formula is C23H23ClN6O. The molecule has 0 saturated carbocycles. The number of benzene rings is 2. The first-order valence-corrected chi connectivity index (χ1v) is 9.95. The molecule has 5 rings (SSSR count). The standard InChI is InChI=1S/C23H22N6O.ClH/c1-15-13-21(20-11-12-29(2)23(20)24-15)30-14-16-7-9-17(10-8-16)18-5-3-4-6-19(18)22-25-27-28-26-22;/h3-10,13H,11-12,14H2,1-2H3,(H,25,26,27,28);1H. The maximum atomic E-state index is 6.19. The van der Waals surface area contributed by atoms with Crippen molar-refractivity contribution < 1.29 is 4.74 Å². The van der Waals surface area contributed by atoms with Crippen molar-refractivity contribution in [2.45, 2.75) is 20.0 Å². The maximum Gasteiger partial charge on any atom is 0.205 e. The normalized spacial score (nSPS) is 12.4. The van der Waals surface area contributed by atoms with E-state index in [0.717, 1.165) is 52.5 Å². The molecule has 0 radical (unpaired) electrons. The highest BCUT2D eigenvalue weighted by atomic mass is 35.5. The Morgan fingerprint density at radius 3 is 2.58 bits per heavy atom. The highest BCUT2D eigenvalue weighted by Crippen LogP contribution is 2.34. The largest absolute Gasteiger partial charge is 0.488 e. The van der Waals surface area contributed by atoms with Gasteiger partial charge in [-0.05, 0) is 35.2 Å². The first-order valence-electron chi connectivity index (χ1n) is 9.95. The van der Waals surface area contributed by atoms with Crippen LogP contribution in [-0.2, 0) is 13.0 Å². The van der Waals surface area contributed by atoms with Gasteiger partial charge in [0.25, 0.3) is 0 Å². The van der Waals surface area contributed by atoms with E-state index in [2.05, 4.69) is 67.9 Å². The summed E-state index contributed by atoms with van der Waals surface area (Å²) in [5.74, 6) is 2.57. The van der Waals surface area contributed by atoms with Gasteiger partial charge in [-0.2, -0.15) is 5.21 Å². The predicted molar refractivity (Wildman–Crippen MR) is 123 cm³/mol. The zero-order valence-corrected chi connectivity index (χ0v) is 18.2. The molecule has 3 heterocycles. The number of hydrogen-bond donors (Lipinski definition) is 1. The number of likely N-dealkylation sites (N-methyl/N-ethyl adjacent to an activating group) is 1. The van der Waals surface area contributed by atoms with Gasteiger partial charge >= 0.3 is 0 Å². The summed E-state index contributed by atoms with van der Waals surface area (Å²) in [7, 11) is 2.08. The van der Waals surface area contributed by atoms with Crippen LogP contribution in [0.1, 0.15) is 16.8 Å². The number of nitrogens with zero attached hydrogens (tertiary/aromatic N) is 5. The summed E-state index contributed by atoms with van der Waals surface area (Å²) in [5.41, 5.74) is 6.41. The lowest BCUT2D eigenvalue weighted by Gasteiger charge is -2.14. The second-order valence-electron chi connectivity index (χ2n) is 7.50. The average Bonchev–Trinajstić information content (AvgIpc) is 3.43. The highest BCUT2D eigenvalue weighted by molar-refractivity contribution is 5.85. The second kappa shape index (κ2) is 8.73. The summed E-state index contributed by atoms with van der Waals surface area (Å²) in [5, 5.41) is 14.4. The Balaban J connectivity index is 0.00000231. The fourth-order valence-electron chi connectivity index (χ4n) is 3.87. The number of aromatic nitrogens is 5. The predicted octanol–water partition coefficient (Wildman–Crippen LogP) is 4.23. The van der Waals surface area contributed by atoms with Gasteiger partial charge < -0.3 is 9.64 Å². The van der Waals surface area contributed by atoms with Gasteiger partial charge in [0.2, 0.25) is 5.82 Å². The van der Waals surface area contributed by atoms with Gasteiger partial charge in [0, 0.05) is 36.5 Å². The van der Waals surface area contributed by atoms with E-state index in [1.165, 1.54) is 5.56 Å². The lowest BCUT2D eigenvalue weighted by Crippen LogP contribution is -2.13. The van der Waals surface area contributed by atoms with E-state index < -0.39 is 0 Å². The molecule has 0 aliphatic carbocycles. The second-order valence-corrected chi connectivity index (χ2v) is 7.50. The lowest BCUT2D eigenvalue weighted by molar-refractivity contribution is 0.303. The zero-order valence-electron chi connectivity index (χ0n) is 17.4. The van der Waals surface area contributed by atoms with Crippen LogP contribution in [-0.4, -0.2) is 39.2 Å². The third-order valence-electron chi connectivity index (χ3n) is 5.42. The Kier molecular flexibility index (Phi) is 5.86. The van der Waals surface area contributed by atoms with Gasteiger partial charge in [-0.3, -0.25) is 0 Å². The van der Waals surface area contributed by atoms with Crippen molar-refractivity contribution in [1.82, 2.24) is 25.6 Å². The zero-order chi connectivity index (χ0) is 20.5. The monoisotopic (exact) mass is 434 g/mol. The number of ether oxygens (including phenoxy) is 1. The van der Waals surface area contributed by atoms with Crippen LogP contribution < -0.4 is 9.64 Å². The Bertz CT molecular complexity index is 1180. The van der Waals surface area contributed by atoms with Gasteiger partial charge in [0.15, 0.2) is 0 Å². The molecule has 7 nitrogen and oxygen atoms in total. The molecule has 0 atom stereocenters. The van der Waals surface area contributed by atoms with Gasteiger partial charge in [-0.25, -0.2) is 4.98 Å². The number of hydrogen-bond acceptors (Lipinski definition) is 6. The van der Waals surface area contributed by atoms with E-state index >= 15 is 0 Å². The molecule has 0 spiro atoms. The van der Waals surface area contributed by atoms with Crippen molar-refractivity contribution in [2.75, 3.05) is 18.5 Å².